The second kappa shape index (κ2) is 8.41. The molecule has 0 radical (unpaired) electrons. The predicted molar refractivity (Wildman–Crippen MR) is 111 cm³/mol. The first-order valence-corrected chi connectivity index (χ1v) is 10.4. The maximum atomic E-state index is 12.9. The molecule has 0 aliphatic rings. The Balaban J connectivity index is 1.54. The Kier molecular flexibility index (Phi) is 5.55. The number of hydrogen-bond acceptors (Lipinski definition) is 6. The van der Waals surface area contributed by atoms with Gasteiger partial charge >= 0.3 is 5.97 Å². The van der Waals surface area contributed by atoms with Gasteiger partial charge < -0.3 is 4.74 Å². The Morgan fingerprint density at radius 3 is 2.57 bits per heavy atom. The number of benzene rings is 2. The van der Waals surface area contributed by atoms with Gasteiger partial charge in [0.1, 0.15) is 11.9 Å². The van der Waals surface area contributed by atoms with E-state index in [2.05, 4.69) is 4.98 Å². The van der Waals surface area contributed by atoms with Gasteiger partial charge in [-0.25, -0.2) is 4.98 Å². The lowest BCUT2D eigenvalue weighted by Crippen LogP contribution is -2.17. The van der Waals surface area contributed by atoms with Crippen molar-refractivity contribution in [2.45, 2.75) is 16.8 Å². The number of rotatable bonds is 6. The molecule has 140 valence electrons. The molecule has 0 bridgehead atoms. The highest BCUT2D eigenvalue weighted by molar-refractivity contribution is 8.00. The third-order valence-corrected chi connectivity index (χ3v) is 6.03. The normalized spacial score (nSPS) is 12.0. The molecule has 4 rings (SSSR count). The Labute approximate surface area is 169 Å². The molecule has 0 aliphatic carbocycles. The van der Waals surface area contributed by atoms with Gasteiger partial charge in [-0.1, -0.05) is 48.5 Å². The van der Waals surface area contributed by atoms with Crippen LogP contribution in [0.2, 0.25) is 0 Å². The van der Waals surface area contributed by atoms with Gasteiger partial charge in [0, 0.05) is 22.5 Å². The first-order valence-electron chi connectivity index (χ1n) is 8.60. The SMILES string of the molecule is O=C(OCc1cc(=O)n2ccsc2n1)[C@H](Sc1ccccc1)c1ccccc1. The molecule has 0 saturated carbocycles. The van der Waals surface area contributed by atoms with Crippen molar-refractivity contribution in [3.63, 3.8) is 0 Å². The predicted octanol–water partition coefficient (Wildman–Crippen LogP) is 4.33. The Hall–Kier alpha value is -2.90. The highest BCUT2D eigenvalue weighted by Gasteiger charge is 2.24. The zero-order chi connectivity index (χ0) is 19.3. The number of fused-ring (bicyclic) bond motifs is 1. The summed E-state index contributed by atoms with van der Waals surface area (Å²) in [6.45, 7) is -0.0405. The van der Waals surface area contributed by atoms with Crippen LogP contribution in [0.5, 0.6) is 0 Å². The number of thioether (sulfide) groups is 1. The molecule has 4 aromatic rings. The van der Waals surface area contributed by atoms with E-state index in [1.54, 1.807) is 11.6 Å². The zero-order valence-electron chi connectivity index (χ0n) is 14.7. The summed E-state index contributed by atoms with van der Waals surface area (Å²) in [5.41, 5.74) is 1.12. The zero-order valence-corrected chi connectivity index (χ0v) is 16.4. The minimum absolute atomic E-state index is 0.0405. The minimum Gasteiger partial charge on any atom is -0.458 e. The second-order valence-corrected chi connectivity index (χ2v) is 8.02. The number of esters is 1. The Morgan fingerprint density at radius 2 is 1.82 bits per heavy atom. The number of hydrogen-bond donors (Lipinski definition) is 0. The van der Waals surface area contributed by atoms with Crippen LogP contribution in [-0.2, 0) is 16.1 Å². The van der Waals surface area contributed by atoms with Crippen LogP contribution in [-0.4, -0.2) is 15.4 Å². The number of ether oxygens (including phenoxy) is 1. The van der Waals surface area contributed by atoms with E-state index in [9.17, 15) is 9.59 Å². The molecule has 2 aromatic carbocycles. The van der Waals surface area contributed by atoms with Gasteiger partial charge in [-0.2, -0.15) is 0 Å². The van der Waals surface area contributed by atoms with Crippen molar-refractivity contribution < 1.29 is 9.53 Å². The van der Waals surface area contributed by atoms with Crippen molar-refractivity contribution in [1.29, 1.82) is 0 Å². The molecule has 0 saturated heterocycles. The van der Waals surface area contributed by atoms with Crippen molar-refractivity contribution in [3.8, 4) is 0 Å². The summed E-state index contributed by atoms with van der Waals surface area (Å²) in [5, 5.41) is 1.29. The van der Waals surface area contributed by atoms with Crippen LogP contribution >= 0.6 is 23.1 Å². The van der Waals surface area contributed by atoms with Gasteiger partial charge in [-0.15, -0.1) is 23.1 Å². The fourth-order valence-corrected chi connectivity index (χ4v) is 4.48. The average Bonchev–Trinajstić information content (AvgIpc) is 3.21. The topological polar surface area (TPSA) is 60.7 Å². The van der Waals surface area contributed by atoms with Crippen LogP contribution in [0, 0.1) is 0 Å². The number of carbonyl (C=O) groups excluding carboxylic acids is 1. The molecular formula is C21H16N2O3S2. The summed E-state index contributed by atoms with van der Waals surface area (Å²) in [6.07, 6.45) is 1.67. The van der Waals surface area contributed by atoms with E-state index >= 15 is 0 Å². The van der Waals surface area contributed by atoms with Crippen LogP contribution in [0.25, 0.3) is 4.96 Å². The number of carbonyl (C=O) groups is 1. The largest absolute Gasteiger partial charge is 0.458 e. The molecule has 0 unspecified atom stereocenters. The number of nitrogens with zero attached hydrogens (tertiary/aromatic N) is 2. The first-order chi connectivity index (χ1) is 13.7. The summed E-state index contributed by atoms with van der Waals surface area (Å²) in [6, 6.07) is 20.6. The minimum atomic E-state index is -0.504. The molecule has 28 heavy (non-hydrogen) atoms. The second-order valence-electron chi connectivity index (χ2n) is 5.97. The molecule has 1 atom stereocenters. The molecule has 0 aliphatic heterocycles. The summed E-state index contributed by atoms with van der Waals surface area (Å²) < 4.78 is 7.00. The lowest BCUT2D eigenvalue weighted by atomic mass is 10.1. The van der Waals surface area contributed by atoms with Gasteiger partial charge in [0.05, 0.1) is 5.69 Å². The maximum Gasteiger partial charge on any atom is 0.324 e. The van der Waals surface area contributed by atoms with Gasteiger partial charge in [-0.05, 0) is 17.7 Å². The van der Waals surface area contributed by atoms with Gasteiger partial charge in [0.25, 0.3) is 5.56 Å². The first kappa shape index (κ1) is 18.5. The maximum absolute atomic E-state index is 12.9. The molecule has 5 nitrogen and oxygen atoms in total. The fraction of sp³-hybridized carbons (Fsp3) is 0.0952. The number of thiazole rings is 1. The number of aromatic nitrogens is 2. The molecule has 7 heteroatoms. The van der Waals surface area contributed by atoms with Crippen LogP contribution in [0.15, 0.2) is 88.0 Å². The van der Waals surface area contributed by atoms with Crippen molar-refractivity contribution in [2.75, 3.05) is 0 Å². The highest BCUT2D eigenvalue weighted by Crippen LogP contribution is 2.36. The van der Waals surface area contributed by atoms with Crippen molar-refractivity contribution in [3.05, 3.63) is 99.9 Å². The van der Waals surface area contributed by atoms with E-state index in [0.29, 0.717) is 10.7 Å². The lowest BCUT2D eigenvalue weighted by molar-refractivity contribution is -0.144. The summed E-state index contributed by atoms with van der Waals surface area (Å²) >= 11 is 2.80. The van der Waals surface area contributed by atoms with Crippen molar-refractivity contribution >= 4 is 34.0 Å². The van der Waals surface area contributed by atoms with E-state index in [1.807, 2.05) is 60.7 Å². The van der Waals surface area contributed by atoms with E-state index in [1.165, 1.54) is 33.6 Å². The van der Waals surface area contributed by atoms with E-state index in [0.717, 1.165) is 10.5 Å². The molecule has 2 aromatic heterocycles. The van der Waals surface area contributed by atoms with Gasteiger partial charge in [0.15, 0.2) is 4.96 Å². The van der Waals surface area contributed by atoms with Gasteiger partial charge in [-0.3, -0.25) is 14.0 Å². The van der Waals surface area contributed by atoms with E-state index in [4.69, 9.17) is 4.74 Å². The third kappa shape index (κ3) is 4.16. The van der Waals surface area contributed by atoms with Crippen LogP contribution in [0.3, 0.4) is 0 Å². The van der Waals surface area contributed by atoms with E-state index in [-0.39, 0.29) is 18.1 Å². The smallest absolute Gasteiger partial charge is 0.324 e. The summed E-state index contributed by atoms with van der Waals surface area (Å²) in [5.74, 6) is -0.367. The van der Waals surface area contributed by atoms with Crippen LogP contribution in [0.4, 0.5) is 0 Å². The molecule has 2 heterocycles. The quantitative estimate of drug-likeness (QED) is 0.351. The average molecular weight is 409 g/mol. The third-order valence-electron chi connectivity index (χ3n) is 4.03. The summed E-state index contributed by atoms with van der Waals surface area (Å²) in [4.78, 5) is 30.9. The highest BCUT2D eigenvalue weighted by atomic mass is 32.2. The Morgan fingerprint density at radius 1 is 1.11 bits per heavy atom. The lowest BCUT2D eigenvalue weighted by Gasteiger charge is -2.16. The standard InChI is InChI=1S/C21H16N2O3S2/c24-18-13-16(22-21-23(18)11-12-27-21)14-26-20(25)19(15-7-3-1-4-8-15)28-17-9-5-2-6-10-17/h1-13,19H,14H2/t19-/m1/s1. The summed E-state index contributed by atoms with van der Waals surface area (Å²) in [7, 11) is 0. The molecule has 0 spiro atoms. The van der Waals surface area contributed by atoms with E-state index < -0.39 is 5.25 Å². The molecule has 0 amide bonds. The fourth-order valence-electron chi connectivity index (χ4n) is 2.70. The van der Waals surface area contributed by atoms with Crippen LogP contribution < -0.4 is 5.56 Å². The van der Waals surface area contributed by atoms with Crippen LogP contribution in [0.1, 0.15) is 16.5 Å². The monoisotopic (exact) mass is 408 g/mol. The van der Waals surface area contributed by atoms with Crippen molar-refractivity contribution in [1.82, 2.24) is 9.38 Å². The molecule has 0 fully saturated rings. The Bertz CT molecular complexity index is 1140. The van der Waals surface area contributed by atoms with Gasteiger partial charge in [0.2, 0.25) is 0 Å². The molecule has 0 N–H and O–H groups in total. The van der Waals surface area contributed by atoms with Crippen molar-refractivity contribution in [2.24, 2.45) is 0 Å². The molecular weight excluding hydrogens is 392 g/mol.